The fourth-order valence-corrected chi connectivity index (χ4v) is 5.60. The lowest BCUT2D eigenvalue weighted by Gasteiger charge is -2.35. The number of halogens is 1. The van der Waals surface area contributed by atoms with Crippen LogP contribution >= 0.6 is 11.6 Å². The van der Waals surface area contributed by atoms with Crippen molar-refractivity contribution in [3.8, 4) is 5.75 Å². The number of sulfonamides is 1. The molecule has 33 heavy (non-hydrogen) atoms. The van der Waals surface area contributed by atoms with E-state index in [4.69, 9.17) is 16.3 Å². The molecule has 0 radical (unpaired) electrons. The van der Waals surface area contributed by atoms with Gasteiger partial charge in [0.1, 0.15) is 5.75 Å². The Balaban J connectivity index is 1.62. The van der Waals surface area contributed by atoms with Gasteiger partial charge in [-0.25, -0.2) is 8.42 Å². The SMILES string of the molecule is Cc1ccc([C@H](C)NC(=O)[C@H]2CN(S(=O)(=O)c3ccc(Cl)cc3)c3ccccc3O2)c(C)c1. The number of nitrogens with zero attached hydrogens (tertiary/aromatic N) is 1. The zero-order chi connectivity index (χ0) is 23.8. The Kier molecular flexibility index (Phi) is 6.36. The second kappa shape index (κ2) is 9.08. The summed E-state index contributed by atoms with van der Waals surface area (Å²) in [5.74, 6) is -0.0473. The van der Waals surface area contributed by atoms with E-state index in [1.165, 1.54) is 28.6 Å². The Morgan fingerprint density at radius 1 is 1.09 bits per heavy atom. The molecule has 0 fully saturated rings. The van der Waals surface area contributed by atoms with Crippen LogP contribution in [0, 0.1) is 13.8 Å². The van der Waals surface area contributed by atoms with E-state index in [2.05, 4.69) is 11.4 Å². The second-order valence-electron chi connectivity index (χ2n) is 8.15. The molecule has 4 rings (SSSR count). The molecule has 0 saturated heterocycles. The number of nitrogens with one attached hydrogen (secondary N) is 1. The summed E-state index contributed by atoms with van der Waals surface area (Å²) in [6.45, 7) is 5.77. The standard InChI is InChI=1S/C25H25ClN2O4S/c1-16-8-13-21(17(2)14-16)18(3)27-25(29)24-15-28(22-6-4-5-7-23(22)32-24)33(30,31)20-11-9-19(26)10-12-20/h4-14,18,24H,15H2,1-3H3,(H,27,29)/t18-,24+/m0/s1. The third kappa shape index (κ3) is 4.70. The average Bonchev–Trinajstić information content (AvgIpc) is 2.78. The number of amides is 1. The van der Waals surface area contributed by atoms with Gasteiger partial charge < -0.3 is 10.1 Å². The predicted octanol–water partition coefficient (Wildman–Crippen LogP) is 4.79. The minimum absolute atomic E-state index is 0.0893. The molecule has 1 aliphatic heterocycles. The van der Waals surface area contributed by atoms with Gasteiger partial charge in [0.05, 0.1) is 23.2 Å². The van der Waals surface area contributed by atoms with Gasteiger partial charge in [-0.05, 0) is 68.3 Å². The first-order valence-electron chi connectivity index (χ1n) is 10.6. The minimum Gasteiger partial charge on any atom is -0.476 e. The molecule has 1 N–H and O–H groups in total. The molecule has 0 spiro atoms. The monoisotopic (exact) mass is 484 g/mol. The summed E-state index contributed by atoms with van der Waals surface area (Å²) in [4.78, 5) is 13.2. The fraction of sp³-hybridized carbons (Fsp3) is 0.240. The van der Waals surface area contributed by atoms with E-state index < -0.39 is 16.1 Å². The van der Waals surface area contributed by atoms with E-state index in [1.807, 2.05) is 32.9 Å². The van der Waals surface area contributed by atoms with E-state index in [0.29, 0.717) is 16.5 Å². The highest BCUT2D eigenvalue weighted by Crippen LogP contribution is 2.37. The van der Waals surface area contributed by atoms with Gasteiger partial charge in [-0.2, -0.15) is 0 Å². The maximum Gasteiger partial charge on any atom is 0.264 e. The van der Waals surface area contributed by atoms with E-state index >= 15 is 0 Å². The molecule has 3 aromatic carbocycles. The molecule has 0 unspecified atom stereocenters. The van der Waals surface area contributed by atoms with E-state index in [1.54, 1.807) is 24.3 Å². The third-order valence-electron chi connectivity index (χ3n) is 5.68. The molecule has 2 atom stereocenters. The number of aryl methyl sites for hydroxylation is 2. The van der Waals surface area contributed by atoms with Crippen LogP contribution in [0.4, 0.5) is 5.69 Å². The van der Waals surface area contributed by atoms with Crippen molar-refractivity contribution in [1.29, 1.82) is 0 Å². The Hall–Kier alpha value is -3.03. The molecule has 0 bridgehead atoms. The second-order valence-corrected chi connectivity index (χ2v) is 10.5. The summed E-state index contributed by atoms with van der Waals surface area (Å²) in [7, 11) is -3.94. The van der Waals surface area contributed by atoms with Crippen LogP contribution in [0.2, 0.25) is 5.02 Å². The van der Waals surface area contributed by atoms with Gasteiger partial charge in [0.15, 0.2) is 6.10 Å². The maximum absolute atomic E-state index is 13.4. The first-order valence-corrected chi connectivity index (χ1v) is 12.4. The topological polar surface area (TPSA) is 75.7 Å². The van der Waals surface area contributed by atoms with Gasteiger partial charge in [0, 0.05) is 5.02 Å². The van der Waals surface area contributed by atoms with Crippen molar-refractivity contribution in [2.45, 2.75) is 37.8 Å². The number of fused-ring (bicyclic) bond motifs is 1. The first kappa shape index (κ1) is 23.1. The summed E-state index contributed by atoms with van der Waals surface area (Å²) in [6.07, 6.45) is -1.00. The Morgan fingerprint density at radius 2 is 1.79 bits per heavy atom. The number of ether oxygens (including phenoxy) is 1. The maximum atomic E-state index is 13.4. The normalized spacial score (nSPS) is 16.5. The zero-order valence-electron chi connectivity index (χ0n) is 18.6. The van der Waals surface area contributed by atoms with Crippen molar-refractivity contribution < 1.29 is 17.9 Å². The van der Waals surface area contributed by atoms with Crippen molar-refractivity contribution >= 4 is 33.2 Å². The quantitative estimate of drug-likeness (QED) is 0.565. The highest BCUT2D eigenvalue weighted by atomic mass is 35.5. The molecular formula is C25H25ClN2O4S. The lowest BCUT2D eigenvalue weighted by molar-refractivity contribution is -0.128. The molecular weight excluding hydrogens is 460 g/mol. The number of para-hydroxylation sites is 2. The largest absolute Gasteiger partial charge is 0.476 e. The number of anilines is 1. The zero-order valence-corrected chi connectivity index (χ0v) is 20.2. The van der Waals surface area contributed by atoms with Gasteiger partial charge in [-0.15, -0.1) is 0 Å². The fourth-order valence-electron chi connectivity index (χ4n) is 4.00. The summed E-state index contributed by atoms with van der Waals surface area (Å²) >= 11 is 5.93. The van der Waals surface area contributed by atoms with Crippen molar-refractivity contribution in [2.75, 3.05) is 10.8 Å². The molecule has 1 amide bonds. The summed E-state index contributed by atoms with van der Waals surface area (Å²) in [5, 5.41) is 3.41. The first-order chi connectivity index (χ1) is 15.7. The van der Waals surface area contributed by atoms with Crippen LogP contribution in [0.5, 0.6) is 5.75 Å². The van der Waals surface area contributed by atoms with Crippen molar-refractivity contribution in [2.24, 2.45) is 0 Å². The van der Waals surface area contributed by atoms with Crippen LogP contribution in [-0.4, -0.2) is 27.0 Å². The molecule has 3 aromatic rings. The minimum atomic E-state index is -3.94. The van der Waals surface area contributed by atoms with Crippen molar-refractivity contribution in [3.05, 3.63) is 88.4 Å². The predicted molar refractivity (Wildman–Crippen MR) is 129 cm³/mol. The van der Waals surface area contributed by atoms with E-state index in [9.17, 15) is 13.2 Å². The van der Waals surface area contributed by atoms with Gasteiger partial charge in [0.2, 0.25) is 0 Å². The van der Waals surface area contributed by atoms with Crippen molar-refractivity contribution in [1.82, 2.24) is 5.32 Å². The number of hydrogen-bond donors (Lipinski definition) is 1. The molecule has 0 aromatic heterocycles. The molecule has 1 aliphatic rings. The third-order valence-corrected chi connectivity index (χ3v) is 7.73. The number of benzene rings is 3. The molecule has 172 valence electrons. The van der Waals surface area contributed by atoms with Gasteiger partial charge in [-0.3, -0.25) is 9.10 Å². The van der Waals surface area contributed by atoms with E-state index in [0.717, 1.165) is 16.7 Å². The molecule has 0 aliphatic carbocycles. The van der Waals surface area contributed by atoms with Gasteiger partial charge >= 0.3 is 0 Å². The highest BCUT2D eigenvalue weighted by molar-refractivity contribution is 7.92. The lowest BCUT2D eigenvalue weighted by atomic mass is 10.00. The van der Waals surface area contributed by atoms with Crippen LogP contribution in [0.1, 0.15) is 29.7 Å². The summed E-state index contributed by atoms with van der Waals surface area (Å²) in [6, 6.07) is 18.5. The van der Waals surface area contributed by atoms with Crippen LogP contribution in [0.3, 0.4) is 0 Å². The molecule has 8 heteroatoms. The van der Waals surface area contributed by atoms with E-state index in [-0.39, 0.29) is 23.4 Å². The number of carbonyl (C=O) groups is 1. The van der Waals surface area contributed by atoms with Gasteiger partial charge in [-0.1, -0.05) is 47.5 Å². The molecule has 0 saturated carbocycles. The highest BCUT2D eigenvalue weighted by Gasteiger charge is 2.37. The Bertz CT molecular complexity index is 1290. The van der Waals surface area contributed by atoms with Crippen molar-refractivity contribution in [3.63, 3.8) is 0 Å². The Morgan fingerprint density at radius 3 is 2.48 bits per heavy atom. The van der Waals surface area contributed by atoms with Crippen LogP contribution in [-0.2, 0) is 14.8 Å². The van der Waals surface area contributed by atoms with Crippen LogP contribution in [0.15, 0.2) is 71.6 Å². The number of carbonyl (C=O) groups excluding carboxylic acids is 1. The number of rotatable bonds is 5. The Labute approximate surface area is 199 Å². The summed E-state index contributed by atoms with van der Waals surface area (Å²) in [5.41, 5.74) is 3.60. The number of hydrogen-bond acceptors (Lipinski definition) is 4. The lowest BCUT2D eigenvalue weighted by Crippen LogP contribution is -2.51. The molecule has 6 nitrogen and oxygen atoms in total. The summed E-state index contributed by atoms with van der Waals surface area (Å²) < 4.78 is 34.0. The van der Waals surface area contributed by atoms with Crippen LogP contribution in [0.25, 0.3) is 0 Å². The smallest absolute Gasteiger partial charge is 0.264 e. The average molecular weight is 485 g/mol. The van der Waals surface area contributed by atoms with Crippen LogP contribution < -0.4 is 14.4 Å². The molecule has 1 heterocycles. The van der Waals surface area contributed by atoms with Gasteiger partial charge in [0.25, 0.3) is 15.9 Å².